The van der Waals surface area contributed by atoms with Crippen LogP contribution >= 0.6 is 0 Å². The molecule has 2 heterocycles. The summed E-state index contributed by atoms with van der Waals surface area (Å²) in [6.45, 7) is 2.87. The topological polar surface area (TPSA) is 38.7 Å². The second-order valence-electron chi connectivity index (χ2n) is 5.40. The van der Waals surface area contributed by atoms with Crippen LogP contribution in [0.15, 0.2) is 24.3 Å². The SMILES string of the molecule is CCC1CC2(CCO1)C[C@H](O)c1ccccc1O2. The molecule has 3 heteroatoms. The first-order valence-corrected chi connectivity index (χ1v) is 6.80. The molecule has 1 saturated heterocycles. The molecular formula is C15H20O3. The molecular weight excluding hydrogens is 228 g/mol. The molecule has 3 atom stereocenters. The molecule has 3 nitrogen and oxygen atoms in total. The molecule has 18 heavy (non-hydrogen) atoms. The molecule has 1 aromatic rings. The molecule has 0 bridgehead atoms. The van der Waals surface area contributed by atoms with Crippen LogP contribution in [0.1, 0.15) is 44.3 Å². The van der Waals surface area contributed by atoms with Gasteiger partial charge >= 0.3 is 0 Å². The molecule has 98 valence electrons. The summed E-state index contributed by atoms with van der Waals surface area (Å²) in [6.07, 6.45) is 3.29. The molecule has 1 spiro atoms. The van der Waals surface area contributed by atoms with Crippen molar-refractivity contribution in [3.8, 4) is 5.75 Å². The second-order valence-corrected chi connectivity index (χ2v) is 5.40. The number of aliphatic hydroxyl groups is 1. The maximum atomic E-state index is 10.3. The van der Waals surface area contributed by atoms with Gasteiger partial charge in [-0.15, -0.1) is 0 Å². The van der Waals surface area contributed by atoms with E-state index in [1.165, 1.54) is 0 Å². The Morgan fingerprint density at radius 3 is 3.00 bits per heavy atom. The van der Waals surface area contributed by atoms with Gasteiger partial charge in [0, 0.05) is 24.8 Å². The molecule has 1 N–H and O–H groups in total. The van der Waals surface area contributed by atoms with E-state index in [9.17, 15) is 5.11 Å². The number of hydrogen-bond donors (Lipinski definition) is 1. The molecule has 1 fully saturated rings. The van der Waals surface area contributed by atoms with E-state index < -0.39 is 6.10 Å². The van der Waals surface area contributed by atoms with Gasteiger partial charge in [-0.2, -0.15) is 0 Å². The van der Waals surface area contributed by atoms with E-state index in [-0.39, 0.29) is 11.7 Å². The van der Waals surface area contributed by atoms with E-state index in [1.54, 1.807) is 0 Å². The number of hydrogen-bond acceptors (Lipinski definition) is 3. The Morgan fingerprint density at radius 2 is 2.17 bits per heavy atom. The lowest BCUT2D eigenvalue weighted by atomic mass is 9.80. The van der Waals surface area contributed by atoms with Crippen molar-refractivity contribution in [3.63, 3.8) is 0 Å². The lowest BCUT2D eigenvalue weighted by Crippen LogP contribution is -2.48. The maximum Gasteiger partial charge on any atom is 0.125 e. The highest BCUT2D eigenvalue weighted by molar-refractivity contribution is 5.38. The highest BCUT2D eigenvalue weighted by Gasteiger charge is 2.44. The molecule has 0 amide bonds. The molecule has 2 unspecified atom stereocenters. The van der Waals surface area contributed by atoms with Crippen LogP contribution in [0.4, 0.5) is 0 Å². The predicted molar refractivity (Wildman–Crippen MR) is 68.6 cm³/mol. The molecule has 2 aliphatic rings. The highest BCUT2D eigenvalue weighted by atomic mass is 16.5. The van der Waals surface area contributed by atoms with E-state index in [0.717, 1.165) is 37.2 Å². The minimum absolute atomic E-state index is 0.229. The van der Waals surface area contributed by atoms with Gasteiger partial charge in [-0.05, 0) is 12.5 Å². The highest BCUT2D eigenvalue weighted by Crippen LogP contribution is 2.45. The van der Waals surface area contributed by atoms with Crippen LogP contribution < -0.4 is 4.74 Å². The fourth-order valence-electron chi connectivity index (χ4n) is 3.11. The Hall–Kier alpha value is -1.06. The summed E-state index contributed by atoms with van der Waals surface area (Å²) in [5.74, 6) is 0.841. The summed E-state index contributed by atoms with van der Waals surface area (Å²) in [6, 6.07) is 7.81. The number of para-hydroxylation sites is 1. The predicted octanol–water partition coefficient (Wildman–Crippen LogP) is 2.83. The smallest absolute Gasteiger partial charge is 0.125 e. The average molecular weight is 248 g/mol. The van der Waals surface area contributed by atoms with Crippen LogP contribution in [-0.2, 0) is 4.74 Å². The van der Waals surface area contributed by atoms with Crippen LogP contribution in [-0.4, -0.2) is 23.4 Å². The summed E-state index contributed by atoms with van der Waals surface area (Å²) in [4.78, 5) is 0. The summed E-state index contributed by atoms with van der Waals surface area (Å²) < 4.78 is 11.9. The van der Waals surface area contributed by atoms with Crippen LogP contribution in [0.25, 0.3) is 0 Å². The van der Waals surface area contributed by atoms with Gasteiger partial charge in [0.1, 0.15) is 11.4 Å². The van der Waals surface area contributed by atoms with Crippen molar-refractivity contribution in [2.75, 3.05) is 6.61 Å². The Morgan fingerprint density at radius 1 is 1.33 bits per heavy atom. The molecule has 2 aliphatic heterocycles. The van der Waals surface area contributed by atoms with Gasteiger partial charge in [0.05, 0.1) is 18.8 Å². The first-order valence-electron chi connectivity index (χ1n) is 6.80. The number of fused-ring (bicyclic) bond motifs is 1. The molecule has 3 rings (SSSR count). The van der Waals surface area contributed by atoms with E-state index in [0.29, 0.717) is 6.42 Å². The van der Waals surface area contributed by atoms with E-state index in [2.05, 4.69) is 6.92 Å². The van der Waals surface area contributed by atoms with E-state index in [1.807, 2.05) is 24.3 Å². The summed E-state index contributed by atoms with van der Waals surface area (Å²) in [5.41, 5.74) is 0.690. The van der Waals surface area contributed by atoms with Gasteiger partial charge in [-0.1, -0.05) is 25.1 Å². The largest absolute Gasteiger partial charge is 0.487 e. The second kappa shape index (κ2) is 4.56. The Bertz CT molecular complexity index is 432. The van der Waals surface area contributed by atoms with Gasteiger partial charge in [-0.3, -0.25) is 0 Å². The minimum atomic E-state index is -0.412. The van der Waals surface area contributed by atoms with Crippen molar-refractivity contribution in [2.45, 2.75) is 50.4 Å². The van der Waals surface area contributed by atoms with Crippen molar-refractivity contribution in [3.05, 3.63) is 29.8 Å². The molecule has 0 saturated carbocycles. The zero-order valence-corrected chi connectivity index (χ0v) is 10.8. The van der Waals surface area contributed by atoms with Crippen LogP contribution in [0.3, 0.4) is 0 Å². The fraction of sp³-hybridized carbons (Fsp3) is 0.600. The lowest BCUT2D eigenvalue weighted by molar-refractivity contribution is -0.116. The zero-order chi connectivity index (χ0) is 12.6. The van der Waals surface area contributed by atoms with Crippen molar-refractivity contribution >= 4 is 0 Å². The lowest BCUT2D eigenvalue weighted by Gasteiger charge is -2.45. The van der Waals surface area contributed by atoms with Gasteiger partial charge in [0.25, 0.3) is 0 Å². The normalized spacial score (nSPS) is 35.0. The molecule has 0 aliphatic carbocycles. The van der Waals surface area contributed by atoms with Crippen LogP contribution in [0, 0.1) is 0 Å². The van der Waals surface area contributed by atoms with Gasteiger partial charge in [0.2, 0.25) is 0 Å². The summed E-state index contributed by atoms with van der Waals surface area (Å²) >= 11 is 0. The number of rotatable bonds is 1. The third-order valence-corrected chi connectivity index (χ3v) is 4.14. The Labute approximate surface area is 108 Å². The minimum Gasteiger partial charge on any atom is -0.487 e. The van der Waals surface area contributed by atoms with Gasteiger partial charge in [0.15, 0.2) is 0 Å². The van der Waals surface area contributed by atoms with Crippen LogP contribution in [0.2, 0.25) is 0 Å². The van der Waals surface area contributed by atoms with E-state index >= 15 is 0 Å². The number of benzene rings is 1. The van der Waals surface area contributed by atoms with Crippen LogP contribution in [0.5, 0.6) is 5.75 Å². The number of ether oxygens (including phenoxy) is 2. The molecule has 0 aromatic heterocycles. The Balaban J connectivity index is 1.88. The summed E-state index contributed by atoms with van der Waals surface area (Å²) in [7, 11) is 0. The molecule has 0 radical (unpaired) electrons. The van der Waals surface area contributed by atoms with Gasteiger partial charge in [-0.25, -0.2) is 0 Å². The summed E-state index contributed by atoms with van der Waals surface area (Å²) in [5, 5.41) is 10.3. The first-order chi connectivity index (χ1) is 8.72. The zero-order valence-electron chi connectivity index (χ0n) is 10.8. The monoisotopic (exact) mass is 248 g/mol. The van der Waals surface area contributed by atoms with Crippen molar-refractivity contribution in [2.24, 2.45) is 0 Å². The number of aliphatic hydroxyl groups excluding tert-OH is 1. The standard InChI is InChI=1S/C15H20O3/c1-2-11-9-15(7-8-17-11)10-13(16)12-5-3-4-6-14(12)18-15/h3-6,11,13,16H,2,7-10H2,1H3/t11?,13-,15?/m0/s1. The first kappa shape index (κ1) is 12.0. The average Bonchev–Trinajstić information content (AvgIpc) is 2.38. The molecule has 1 aromatic carbocycles. The van der Waals surface area contributed by atoms with Crippen molar-refractivity contribution < 1.29 is 14.6 Å². The van der Waals surface area contributed by atoms with Crippen molar-refractivity contribution in [1.82, 2.24) is 0 Å². The van der Waals surface area contributed by atoms with Gasteiger partial charge < -0.3 is 14.6 Å². The fourth-order valence-corrected chi connectivity index (χ4v) is 3.11. The quantitative estimate of drug-likeness (QED) is 0.830. The Kier molecular flexibility index (Phi) is 3.04. The third kappa shape index (κ3) is 2.02. The van der Waals surface area contributed by atoms with E-state index in [4.69, 9.17) is 9.47 Å². The van der Waals surface area contributed by atoms with Crippen molar-refractivity contribution in [1.29, 1.82) is 0 Å². The third-order valence-electron chi connectivity index (χ3n) is 4.14. The maximum absolute atomic E-state index is 10.3.